The molecular weight excluding hydrogens is 292 g/mol. The maximum atomic E-state index is 12.3. The first kappa shape index (κ1) is 15.1. The lowest BCUT2D eigenvalue weighted by Gasteiger charge is -2.14. The Morgan fingerprint density at radius 2 is 2.19 bits per heavy atom. The molecule has 8 heteroatoms. The fourth-order valence-electron chi connectivity index (χ4n) is 2.02. The first-order valence-electron chi connectivity index (χ1n) is 6.31. The Hall–Kier alpha value is -2.33. The van der Waals surface area contributed by atoms with Crippen LogP contribution in [0.3, 0.4) is 0 Å². The minimum Gasteiger partial charge on any atom is -0.308 e. The number of nitriles is 1. The van der Waals surface area contributed by atoms with E-state index in [2.05, 4.69) is 15.5 Å². The molecule has 0 bridgehead atoms. The van der Waals surface area contributed by atoms with Gasteiger partial charge >= 0.3 is 0 Å². The second-order valence-corrected chi connectivity index (χ2v) is 5.11. The molecule has 110 valence electrons. The summed E-state index contributed by atoms with van der Waals surface area (Å²) in [6, 6.07) is 1.43. The molecule has 0 spiro atoms. The van der Waals surface area contributed by atoms with Crippen LogP contribution in [-0.2, 0) is 11.8 Å². The van der Waals surface area contributed by atoms with E-state index in [-0.39, 0.29) is 5.91 Å². The third-order valence-electron chi connectivity index (χ3n) is 3.28. The molecule has 2 aromatic rings. The number of rotatable bonds is 3. The van der Waals surface area contributed by atoms with Gasteiger partial charge in [0, 0.05) is 7.05 Å². The molecule has 1 unspecified atom stereocenters. The average molecular weight is 307 g/mol. The van der Waals surface area contributed by atoms with Gasteiger partial charge in [-0.25, -0.2) is 0 Å². The minimum absolute atomic E-state index is 0.294. The molecule has 1 atom stereocenters. The van der Waals surface area contributed by atoms with E-state index in [0.29, 0.717) is 22.1 Å². The molecular formula is C13H15ClN6O. The maximum Gasteiger partial charge on any atom is 0.250 e. The Morgan fingerprint density at radius 1 is 1.52 bits per heavy atom. The van der Waals surface area contributed by atoms with Gasteiger partial charge in [0.05, 0.1) is 22.6 Å². The number of aryl methyl sites for hydroxylation is 2. The molecule has 0 radical (unpaired) electrons. The second kappa shape index (κ2) is 5.58. The number of nitrogens with zero attached hydrogens (tertiary/aromatic N) is 5. The Kier molecular flexibility index (Phi) is 4.00. The fraction of sp³-hybridized carbons (Fsp3) is 0.385. The third kappa shape index (κ3) is 2.62. The molecule has 1 N–H and O–H groups in total. The summed E-state index contributed by atoms with van der Waals surface area (Å²) in [5.41, 5.74) is 1.71. The van der Waals surface area contributed by atoms with Crippen LogP contribution in [0.15, 0.2) is 6.20 Å². The highest BCUT2D eigenvalue weighted by molar-refractivity contribution is 6.31. The van der Waals surface area contributed by atoms with Gasteiger partial charge in [-0.1, -0.05) is 11.6 Å². The maximum absolute atomic E-state index is 12.3. The first-order chi connectivity index (χ1) is 9.86. The fourth-order valence-corrected chi connectivity index (χ4v) is 2.14. The number of hydrogen-bond donors (Lipinski definition) is 1. The van der Waals surface area contributed by atoms with Crippen molar-refractivity contribution in [1.82, 2.24) is 19.6 Å². The van der Waals surface area contributed by atoms with Crippen molar-refractivity contribution in [3.63, 3.8) is 0 Å². The number of carbonyl (C=O) groups is 1. The number of anilines is 1. The minimum atomic E-state index is -0.558. The lowest BCUT2D eigenvalue weighted by atomic mass is 10.3. The molecule has 0 aliphatic heterocycles. The molecule has 21 heavy (non-hydrogen) atoms. The van der Waals surface area contributed by atoms with Gasteiger partial charge in [0.2, 0.25) is 5.91 Å². The summed E-state index contributed by atoms with van der Waals surface area (Å²) in [6.45, 7) is 5.30. The molecule has 2 rings (SSSR count). The van der Waals surface area contributed by atoms with Gasteiger partial charge in [-0.2, -0.15) is 15.5 Å². The molecule has 2 aromatic heterocycles. The van der Waals surface area contributed by atoms with Crippen molar-refractivity contribution in [2.45, 2.75) is 26.8 Å². The molecule has 0 aliphatic rings. The number of hydrogen-bond acceptors (Lipinski definition) is 4. The molecule has 0 saturated carbocycles. The second-order valence-electron chi connectivity index (χ2n) is 4.74. The molecule has 0 aliphatic carbocycles. The third-order valence-corrected chi connectivity index (χ3v) is 3.83. The van der Waals surface area contributed by atoms with Crippen LogP contribution < -0.4 is 5.32 Å². The zero-order chi connectivity index (χ0) is 15.7. The summed E-state index contributed by atoms with van der Waals surface area (Å²) in [7, 11) is 1.65. The summed E-state index contributed by atoms with van der Waals surface area (Å²) >= 11 is 6.09. The Bertz CT molecular complexity index is 739. The van der Waals surface area contributed by atoms with E-state index in [1.165, 1.54) is 10.9 Å². The smallest absolute Gasteiger partial charge is 0.250 e. The molecule has 0 fully saturated rings. The van der Waals surface area contributed by atoms with Gasteiger partial charge < -0.3 is 5.32 Å². The standard InChI is InChI=1S/C13H15ClN6O/c1-7-11(14)8(2)20(18-7)9(3)13(21)17-12-10(5-15)6-16-19(12)4/h6,9H,1-4H3,(H,17,21). The van der Waals surface area contributed by atoms with Gasteiger partial charge in [0.25, 0.3) is 0 Å². The Balaban J connectivity index is 2.26. The van der Waals surface area contributed by atoms with E-state index in [9.17, 15) is 4.79 Å². The highest BCUT2D eigenvalue weighted by Gasteiger charge is 2.22. The largest absolute Gasteiger partial charge is 0.308 e. The van der Waals surface area contributed by atoms with Gasteiger partial charge in [-0.3, -0.25) is 14.2 Å². The monoisotopic (exact) mass is 306 g/mol. The average Bonchev–Trinajstić information content (AvgIpc) is 2.93. The van der Waals surface area contributed by atoms with Crippen molar-refractivity contribution in [1.29, 1.82) is 5.26 Å². The van der Waals surface area contributed by atoms with E-state index in [1.807, 2.05) is 6.07 Å². The summed E-state index contributed by atoms with van der Waals surface area (Å²) in [4.78, 5) is 12.3. The lowest BCUT2D eigenvalue weighted by Crippen LogP contribution is -2.26. The van der Waals surface area contributed by atoms with Crippen LogP contribution in [0.4, 0.5) is 5.82 Å². The molecule has 2 heterocycles. The van der Waals surface area contributed by atoms with Gasteiger partial charge in [-0.05, 0) is 20.8 Å². The van der Waals surface area contributed by atoms with E-state index < -0.39 is 6.04 Å². The highest BCUT2D eigenvalue weighted by Crippen LogP contribution is 2.23. The number of aromatic nitrogens is 4. The van der Waals surface area contributed by atoms with Crippen LogP contribution in [0.1, 0.15) is 29.9 Å². The van der Waals surface area contributed by atoms with Crippen molar-refractivity contribution < 1.29 is 4.79 Å². The summed E-state index contributed by atoms with van der Waals surface area (Å²) in [5, 5.41) is 20.4. The van der Waals surface area contributed by atoms with Gasteiger partial charge in [0.15, 0.2) is 0 Å². The molecule has 0 aromatic carbocycles. The molecule has 7 nitrogen and oxygen atoms in total. The van der Waals surface area contributed by atoms with Crippen molar-refractivity contribution >= 4 is 23.3 Å². The Labute approximate surface area is 127 Å². The van der Waals surface area contributed by atoms with Crippen LogP contribution in [-0.4, -0.2) is 25.5 Å². The number of nitrogens with one attached hydrogen (secondary N) is 1. The van der Waals surface area contributed by atoms with Crippen molar-refractivity contribution in [3.8, 4) is 6.07 Å². The summed E-state index contributed by atoms with van der Waals surface area (Å²) in [5.74, 6) is 0.0688. The lowest BCUT2D eigenvalue weighted by molar-refractivity contribution is -0.119. The predicted octanol–water partition coefficient (Wildman–Crippen LogP) is 1.96. The van der Waals surface area contributed by atoms with Gasteiger partial charge in [0.1, 0.15) is 23.5 Å². The first-order valence-corrected chi connectivity index (χ1v) is 6.68. The summed E-state index contributed by atoms with van der Waals surface area (Å²) < 4.78 is 3.01. The van der Waals surface area contributed by atoms with E-state index in [4.69, 9.17) is 16.9 Å². The van der Waals surface area contributed by atoms with Crippen LogP contribution in [0.5, 0.6) is 0 Å². The van der Waals surface area contributed by atoms with Crippen molar-refractivity contribution in [2.75, 3.05) is 5.32 Å². The van der Waals surface area contributed by atoms with E-state index in [1.54, 1.807) is 32.5 Å². The molecule has 1 amide bonds. The highest BCUT2D eigenvalue weighted by atomic mass is 35.5. The number of amides is 1. The zero-order valence-electron chi connectivity index (χ0n) is 12.2. The van der Waals surface area contributed by atoms with Crippen molar-refractivity contribution in [2.24, 2.45) is 7.05 Å². The van der Waals surface area contributed by atoms with Crippen LogP contribution in [0, 0.1) is 25.2 Å². The van der Waals surface area contributed by atoms with E-state index >= 15 is 0 Å². The van der Waals surface area contributed by atoms with Crippen LogP contribution >= 0.6 is 11.6 Å². The molecule has 0 saturated heterocycles. The Morgan fingerprint density at radius 3 is 2.71 bits per heavy atom. The topological polar surface area (TPSA) is 88.5 Å². The zero-order valence-corrected chi connectivity index (χ0v) is 12.9. The number of carbonyl (C=O) groups excluding carboxylic acids is 1. The summed E-state index contributed by atoms with van der Waals surface area (Å²) in [6.07, 6.45) is 1.40. The van der Waals surface area contributed by atoms with E-state index in [0.717, 1.165) is 5.69 Å². The van der Waals surface area contributed by atoms with Crippen LogP contribution in [0.25, 0.3) is 0 Å². The van der Waals surface area contributed by atoms with Gasteiger partial charge in [-0.15, -0.1) is 0 Å². The quantitative estimate of drug-likeness (QED) is 0.938. The van der Waals surface area contributed by atoms with Crippen LogP contribution in [0.2, 0.25) is 5.02 Å². The normalized spacial score (nSPS) is 12.0. The number of halogens is 1. The van der Waals surface area contributed by atoms with Crippen molar-refractivity contribution in [3.05, 3.63) is 28.2 Å². The predicted molar refractivity (Wildman–Crippen MR) is 78.0 cm³/mol. The SMILES string of the molecule is Cc1nn(C(C)C(=O)Nc2c(C#N)cnn2C)c(C)c1Cl.